The van der Waals surface area contributed by atoms with Crippen LogP contribution in [-0.2, 0) is 4.74 Å². The summed E-state index contributed by atoms with van der Waals surface area (Å²) in [7, 11) is 0. The van der Waals surface area contributed by atoms with Crippen LogP contribution in [0.3, 0.4) is 0 Å². The van der Waals surface area contributed by atoms with Gasteiger partial charge in [-0.05, 0) is 51.0 Å². The molecule has 116 valence electrons. The number of ether oxygens (including phenoxy) is 1. The Morgan fingerprint density at radius 3 is 2.60 bits per heavy atom. The largest absolute Gasteiger partial charge is 0.374 e. The minimum Gasteiger partial charge on any atom is -0.374 e. The number of hydrogen-bond acceptors (Lipinski definition) is 2. The lowest BCUT2D eigenvalue weighted by molar-refractivity contribution is -0.169. The molecule has 4 atom stereocenters. The molecule has 0 saturated heterocycles. The molecular weight excluding hydrogens is 246 g/mol. The molecule has 3 aliphatic rings. The summed E-state index contributed by atoms with van der Waals surface area (Å²) in [5, 5.41) is 3.80. The zero-order chi connectivity index (χ0) is 14.0. The minimum absolute atomic E-state index is 0.510. The maximum absolute atomic E-state index is 6.61. The van der Waals surface area contributed by atoms with Gasteiger partial charge in [0.15, 0.2) is 0 Å². The molecule has 3 aliphatic carbocycles. The van der Waals surface area contributed by atoms with Crippen molar-refractivity contribution >= 4 is 0 Å². The first-order chi connectivity index (χ1) is 9.74. The van der Waals surface area contributed by atoms with E-state index in [1.54, 1.807) is 0 Å². The molecule has 0 aromatic carbocycles. The summed E-state index contributed by atoms with van der Waals surface area (Å²) >= 11 is 0. The Kier molecular flexibility index (Phi) is 4.72. The quantitative estimate of drug-likeness (QED) is 0.811. The van der Waals surface area contributed by atoms with Crippen molar-refractivity contribution in [2.24, 2.45) is 11.3 Å². The summed E-state index contributed by atoms with van der Waals surface area (Å²) in [5.74, 6) is 0.877. The van der Waals surface area contributed by atoms with Crippen molar-refractivity contribution in [1.82, 2.24) is 5.32 Å². The first-order valence-electron chi connectivity index (χ1n) is 9.13. The molecule has 1 spiro atoms. The van der Waals surface area contributed by atoms with Gasteiger partial charge >= 0.3 is 0 Å². The van der Waals surface area contributed by atoms with Crippen LogP contribution in [0.5, 0.6) is 0 Å². The highest BCUT2D eigenvalue weighted by Gasteiger charge is 2.56. The van der Waals surface area contributed by atoms with E-state index in [2.05, 4.69) is 19.2 Å². The fourth-order valence-electron chi connectivity index (χ4n) is 4.98. The van der Waals surface area contributed by atoms with E-state index in [4.69, 9.17) is 4.74 Å². The van der Waals surface area contributed by atoms with Gasteiger partial charge in [0, 0.05) is 11.5 Å². The highest BCUT2D eigenvalue weighted by atomic mass is 16.5. The molecule has 0 aliphatic heterocycles. The van der Waals surface area contributed by atoms with E-state index in [9.17, 15) is 0 Å². The molecular formula is C18H33NO. The number of rotatable bonds is 5. The van der Waals surface area contributed by atoms with Crippen molar-refractivity contribution in [1.29, 1.82) is 0 Å². The molecule has 20 heavy (non-hydrogen) atoms. The van der Waals surface area contributed by atoms with E-state index in [0.29, 0.717) is 17.6 Å². The van der Waals surface area contributed by atoms with Gasteiger partial charge in [0.05, 0.1) is 12.2 Å². The van der Waals surface area contributed by atoms with Crippen LogP contribution in [0.4, 0.5) is 0 Å². The van der Waals surface area contributed by atoms with Crippen molar-refractivity contribution in [3.63, 3.8) is 0 Å². The van der Waals surface area contributed by atoms with Crippen LogP contribution in [0.25, 0.3) is 0 Å². The standard InChI is InChI=1S/C18H33NO/c1-3-11-19-16-13-17(18(16)9-4-5-10-18)20-15-8-6-7-14(2)12-15/h14-17,19H,3-13H2,1-2H3. The van der Waals surface area contributed by atoms with Crippen molar-refractivity contribution < 1.29 is 4.74 Å². The fourth-order valence-corrected chi connectivity index (χ4v) is 4.98. The second-order valence-electron chi connectivity index (χ2n) is 7.70. The van der Waals surface area contributed by atoms with Gasteiger partial charge < -0.3 is 10.1 Å². The third-order valence-corrected chi connectivity index (χ3v) is 6.21. The first kappa shape index (κ1) is 14.8. The van der Waals surface area contributed by atoms with E-state index in [-0.39, 0.29) is 0 Å². The van der Waals surface area contributed by atoms with Crippen LogP contribution in [0.15, 0.2) is 0 Å². The molecule has 0 heterocycles. The summed E-state index contributed by atoms with van der Waals surface area (Å²) in [6.07, 6.45) is 14.7. The van der Waals surface area contributed by atoms with E-state index >= 15 is 0 Å². The summed E-state index contributed by atoms with van der Waals surface area (Å²) in [4.78, 5) is 0. The Balaban J connectivity index is 1.56. The molecule has 0 aromatic rings. The Bertz CT molecular complexity index is 311. The normalized spacial score (nSPS) is 39.9. The van der Waals surface area contributed by atoms with Crippen LogP contribution in [0, 0.1) is 11.3 Å². The Morgan fingerprint density at radius 1 is 1.10 bits per heavy atom. The predicted octanol–water partition coefficient (Wildman–Crippen LogP) is 4.28. The lowest BCUT2D eigenvalue weighted by Crippen LogP contribution is -2.63. The monoisotopic (exact) mass is 279 g/mol. The van der Waals surface area contributed by atoms with Gasteiger partial charge in [0.1, 0.15) is 0 Å². The topological polar surface area (TPSA) is 21.3 Å². The summed E-state index contributed by atoms with van der Waals surface area (Å²) in [5.41, 5.74) is 0.510. The molecule has 0 amide bonds. The predicted molar refractivity (Wildman–Crippen MR) is 83.9 cm³/mol. The summed E-state index contributed by atoms with van der Waals surface area (Å²) in [6, 6.07) is 0.746. The average Bonchev–Trinajstić information content (AvgIpc) is 2.94. The maximum Gasteiger partial charge on any atom is 0.0665 e. The highest BCUT2D eigenvalue weighted by Crippen LogP contribution is 2.55. The molecule has 2 nitrogen and oxygen atoms in total. The zero-order valence-corrected chi connectivity index (χ0v) is 13.5. The molecule has 2 heteroatoms. The van der Waals surface area contributed by atoms with Gasteiger partial charge in [-0.25, -0.2) is 0 Å². The lowest BCUT2D eigenvalue weighted by Gasteiger charge is -2.55. The minimum atomic E-state index is 0.510. The van der Waals surface area contributed by atoms with E-state index < -0.39 is 0 Å². The second kappa shape index (κ2) is 6.36. The maximum atomic E-state index is 6.61. The summed E-state index contributed by atoms with van der Waals surface area (Å²) in [6.45, 7) is 5.84. The fraction of sp³-hybridized carbons (Fsp3) is 1.00. The van der Waals surface area contributed by atoms with E-state index in [0.717, 1.165) is 12.0 Å². The SMILES string of the molecule is CCCNC1CC(OC2CCCC(C)C2)C12CCCC2. The smallest absolute Gasteiger partial charge is 0.0665 e. The molecule has 1 N–H and O–H groups in total. The van der Waals surface area contributed by atoms with Crippen LogP contribution in [-0.4, -0.2) is 24.8 Å². The van der Waals surface area contributed by atoms with Gasteiger partial charge in [0.2, 0.25) is 0 Å². The Labute approximate surface area is 125 Å². The van der Waals surface area contributed by atoms with Gasteiger partial charge in [-0.1, -0.05) is 39.5 Å². The van der Waals surface area contributed by atoms with Gasteiger partial charge in [-0.2, -0.15) is 0 Å². The van der Waals surface area contributed by atoms with Crippen LogP contribution >= 0.6 is 0 Å². The molecule has 0 bridgehead atoms. The molecule has 3 fully saturated rings. The van der Waals surface area contributed by atoms with Gasteiger partial charge in [0.25, 0.3) is 0 Å². The lowest BCUT2D eigenvalue weighted by atomic mass is 9.60. The Morgan fingerprint density at radius 2 is 1.90 bits per heavy atom. The molecule has 3 saturated carbocycles. The number of nitrogens with one attached hydrogen (secondary N) is 1. The van der Waals surface area contributed by atoms with Crippen LogP contribution in [0.2, 0.25) is 0 Å². The molecule has 3 rings (SSSR count). The number of hydrogen-bond donors (Lipinski definition) is 1. The van der Waals surface area contributed by atoms with Crippen molar-refractivity contribution in [3.05, 3.63) is 0 Å². The van der Waals surface area contributed by atoms with E-state index in [1.165, 1.54) is 70.8 Å². The van der Waals surface area contributed by atoms with Crippen molar-refractivity contribution in [2.75, 3.05) is 6.54 Å². The van der Waals surface area contributed by atoms with Gasteiger partial charge in [-0.3, -0.25) is 0 Å². The molecule has 0 aromatic heterocycles. The molecule has 0 radical (unpaired) electrons. The molecule has 4 unspecified atom stereocenters. The first-order valence-corrected chi connectivity index (χ1v) is 9.13. The third kappa shape index (κ3) is 2.78. The average molecular weight is 279 g/mol. The second-order valence-corrected chi connectivity index (χ2v) is 7.70. The van der Waals surface area contributed by atoms with Crippen molar-refractivity contribution in [2.45, 2.75) is 96.3 Å². The van der Waals surface area contributed by atoms with Crippen molar-refractivity contribution in [3.8, 4) is 0 Å². The van der Waals surface area contributed by atoms with E-state index in [1.807, 2.05) is 0 Å². The van der Waals surface area contributed by atoms with Crippen LogP contribution < -0.4 is 5.32 Å². The van der Waals surface area contributed by atoms with Crippen LogP contribution in [0.1, 0.15) is 78.1 Å². The summed E-state index contributed by atoms with van der Waals surface area (Å²) < 4.78 is 6.61. The Hall–Kier alpha value is -0.0800. The third-order valence-electron chi connectivity index (χ3n) is 6.21. The highest BCUT2D eigenvalue weighted by molar-refractivity contribution is 5.10. The van der Waals surface area contributed by atoms with Gasteiger partial charge in [-0.15, -0.1) is 0 Å². The zero-order valence-electron chi connectivity index (χ0n) is 13.5.